The molecule has 1 atom stereocenters. The van der Waals surface area contributed by atoms with E-state index in [4.69, 9.17) is 0 Å². The van der Waals surface area contributed by atoms with Gasteiger partial charge in [0.2, 0.25) is 0 Å². The first-order chi connectivity index (χ1) is 9.85. The molecule has 1 aromatic carbocycles. The van der Waals surface area contributed by atoms with Crippen LogP contribution in [0.25, 0.3) is 0 Å². The zero-order valence-corrected chi connectivity index (χ0v) is 13.5. The number of aliphatic hydroxyl groups excluding tert-OH is 1. The summed E-state index contributed by atoms with van der Waals surface area (Å²) < 4.78 is 2.38. The number of benzene rings is 1. The topological polar surface area (TPSA) is 25.2 Å². The van der Waals surface area contributed by atoms with E-state index in [1.54, 1.807) is 0 Å². The molecule has 0 radical (unpaired) electrons. The standard InChI is InChI=1S/C19H25NO/c1-13-6-5-7-15(8-13)12-20-14(2)9-16-17(20)10-19(3,4)11-18(16)21/h5-9,18,21H,10-12H2,1-4H3. The lowest BCUT2D eigenvalue weighted by Gasteiger charge is -2.34. The smallest absolute Gasteiger partial charge is 0.0812 e. The van der Waals surface area contributed by atoms with Gasteiger partial charge in [-0.3, -0.25) is 0 Å². The molecule has 0 saturated carbocycles. The van der Waals surface area contributed by atoms with Crippen molar-refractivity contribution in [1.29, 1.82) is 0 Å². The van der Waals surface area contributed by atoms with E-state index in [9.17, 15) is 5.11 Å². The Labute approximate surface area is 127 Å². The highest BCUT2D eigenvalue weighted by molar-refractivity contribution is 5.34. The molecule has 0 bridgehead atoms. The Balaban J connectivity index is 2.00. The van der Waals surface area contributed by atoms with Gasteiger partial charge in [0.05, 0.1) is 6.10 Å². The van der Waals surface area contributed by atoms with Crippen molar-refractivity contribution in [2.45, 2.75) is 53.2 Å². The Bertz CT molecular complexity index is 666. The summed E-state index contributed by atoms with van der Waals surface area (Å²) in [5, 5.41) is 10.4. The molecule has 112 valence electrons. The van der Waals surface area contributed by atoms with Gasteiger partial charge in [-0.2, -0.15) is 0 Å². The number of aliphatic hydroxyl groups is 1. The van der Waals surface area contributed by atoms with Gasteiger partial charge in [-0.15, -0.1) is 0 Å². The lowest BCUT2D eigenvalue weighted by Crippen LogP contribution is -2.27. The number of aromatic nitrogens is 1. The van der Waals surface area contributed by atoms with E-state index < -0.39 is 0 Å². The molecule has 1 N–H and O–H groups in total. The van der Waals surface area contributed by atoms with Crippen LogP contribution in [0, 0.1) is 19.3 Å². The highest BCUT2D eigenvalue weighted by Gasteiger charge is 2.33. The monoisotopic (exact) mass is 283 g/mol. The second-order valence-corrected chi connectivity index (χ2v) is 7.32. The fourth-order valence-electron chi connectivity index (χ4n) is 3.61. The summed E-state index contributed by atoms with van der Waals surface area (Å²) in [4.78, 5) is 0. The molecule has 1 unspecified atom stereocenters. The minimum atomic E-state index is -0.318. The minimum Gasteiger partial charge on any atom is -0.388 e. The molecule has 1 heterocycles. The van der Waals surface area contributed by atoms with Gasteiger partial charge < -0.3 is 9.67 Å². The van der Waals surface area contributed by atoms with Crippen LogP contribution in [-0.2, 0) is 13.0 Å². The maximum atomic E-state index is 10.4. The van der Waals surface area contributed by atoms with E-state index in [0.717, 1.165) is 24.9 Å². The Morgan fingerprint density at radius 2 is 2.00 bits per heavy atom. The molecule has 1 aromatic heterocycles. The van der Waals surface area contributed by atoms with Crippen LogP contribution >= 0.6 is 0 Å². The summed E-state index contributed by atoms with van der Waals surface area (Å²) in [7, 11) is 0. The third-order valence-corrected chi connectivity index (χ3v) is 4.62. The lowest BCUT2D eigenvalue weighted by atomic mass is 9.75. The fourth-order valence-corrected chi connectivity index (χ4v) is 3.61. The van der Waals surface area contributed by atoms with Crippen molar-refractivity contribution in [3.05, 3.63) is 58.4 Å². The molecule has 3 rings (SSSR count). The summed E-state index contributed by atoms with van der Waals surface area (Å²) in [6.45, 7) is 9.67. The van der Waals surface area contributed by atoms with E-state index in [0.29, 0.717) is 0 Å². The second kappa shape index (κ2) is 5.03. The van der Waals surface area contributed by atoms with Gasteiger partial charge >= 0.3 is 0 Å². The molecular formula is C19H25NO. The molecule has 0 amide bonds. The maximum Gasteiger partial charge on any atom is 0.0812 e. The molecule has 0 spiro atoms. The molecule has 0 fully saturated rings. The molecule has 2 nitrogen and oxygen atoms in total. The predicted octanol–water partition coefficient (Wildman–Crippen LogP) is 4.16. The Kier molecular flexibility index (Phi) is 3.45. The van der Waals surface area contributed by atoms with Crippen LogP contribution in [-0.4, -0.2) is 9.67 Å². The predicted molar refractivity (Wildman–Crippen MR) is 86.5 cm³/mol. The van der Waals surface area contributed by atoms with Crippen molar-refractivity contribution in [2.75, 3.05) is 0 Å². The molecule has 2 heteroatoms. The first kappa shape index (κ1) is 14.4. The molecular weight excluding hydrogens is 258 g/mol. The van der Waals surface area contributed by atoms with Crippen molar-refractivity contribution in [3.63, 3.8) is 0 Å². The molecule has 1 aliphatic rings. The van der Waals surface area contributed by atoms with Crippen LogP contribution in [0.4, 0.5) is 0 Å². The minimum absolute atomic E-state index is 0.168. The van der Waals surface area contributed by atoms with Crippen LogP contribution in [0.5, 0.6) is 0 Å². The quantitative estimate of drug-likeness (QED) is 0.879. The first-order valence-electron chi connectivity index (χ1n) is 7.78. The van der Waals surface area contributed by atoms with Gasteiger partial charge in [-0.25, -0.2) is 0 Å². The molecule has 21 heavy (non-hydrogen) atoms. The Hall–Kier alpha value is -1.54. The number of rotatable bonds is 2. The average Bonchev–Trinajstić information content (AvgIpc) is 2.66. The van der Waals surface area contributed by atoms with Gasteiger partial charge in [-0.1, -0.05) is 43.7 Å². The maximum absolute atomic E-state index is 10.4. The van der Waals surface area contributed by atoms with Crippen molar-refractivity contribution < 1.29 is 5.11 Å². The first-order valence-corrected chi connectivity index (χ1v) is 7.78. The third-order valence-electron chi connectivity index (χ3n) is 4.62. The van der Waals surface area contributed by atoms with Gasteiger partial charge in [0, 0.05) is 23.5 Å². The van der Waals surface area contributed by atoms with Crippen LogP contribution in [0.15, 0.2) is 30.3 Å². The van der Waals surface area contributed by atoms with E-state index in [1.165, 1.54) is 22.5 Å². The number of fused-ring (bicyclic) bond motifs is 1. The van der Waals surface area contributed by atoms with Gasteiger partial charge in [0.1, 0.15) is 0 Å². The summed E-state index contributed by atoms with van der Waals surface area (Å²) >= 11 is 0. The van der Waals surface area contributed by atoms with E-state index in [2.05, 4.69) is 62.6 Å². The zero-order chi connectivity index (χ0) is 15.2. The summed E-state index contributed by atoms with van der Waals surface area (Å²) in [6, 6.07) is 10.9. The third kappa shape index (κ3) is 2.77. The highest BCUT2D eigenvalue weighted by atomic mass is 16.3. The largest absolute Gasteiger partial charge is 0.388 e. The van der Waals surface area contributed by atoms with Crippen LogP contribution < -0.4 is 0 Å². The molecule has 0 saturated heterocycles. The Morgan fingerprint density at radius 3 is 2.71 bits per heavy atom. The lowest BCUT2D eigenvalue weighted by molar-refractivity contribution is 0.0981. The number of hydrogen-bond donors (Lipinski definition) is 1. The van der Waals surface area contributed by atoms with Crippen LogP contribution in [0.1, 0.15) is 54.5 Å². The van der Waals surface area contributed by atoms with Crippen LogP contribution in [0.2, 0.25) is 0 Å². The zero-order valence-electron chi connectivity index (χ0n) is 13.5. The van der Waals surface area contributed by atoms with Crippen LogP contribution in [0.3, 0.4) is 0 Å². The van der Waals surface area contributed by atoms with Crippen molar-refractivity contribution in [1.82, 2.24) is 4.57 Å². The highest BCUT2D eigenvalue weighted by Crippen LogP contribution is 2.42. The molecule has 1 aliphatic carbocycles. The van der Waals surface area contributed by atoms with Crippen molar-refractivity contribution in [2.24, 2.45) is 5.41 Å². The fraction of sp³-hybridized carbons (Fsp3) is 0.474. The second-order valence-electron chi connectivity index (χ2n) is 7.32. The van der Waals surface area contributed by atoms with E-state index >= 15 is 0 Å². The van der Waals surface area contributed by atoms with Gasteiger partial charge in [-0.05, 0) is 43.7 Å². The summed E-state index contributed by atoms with van der Waals surface area (Å²) in [6.07, 6.45) is 1.58. The molecule has 0 aliphatic heterocycles. The van der Waals surface area contributed by atoms with Crippen molar-refractivity contribution >= 4 is 0 Å². The number of aryl methyl sites for hydroxylation is 2. The number of hydrogen-bond acceptors (Lipinski definition) is 1. The van der Waals surface area contributed by atoms with E-state index in [-0.39, 0.29) is 11.5 Å². The average molecular weight is 283 g/mol. The normalized spacial score (nSPS) is 20.3. The summed E-state index contributed by atoms with van der Waals surface area (Å²) in [5.41, 5.74) is 6.50. The number of nitrogens with zero attached hydrogens (tertiary/aromatic N) is 1. The summed E-state index contributed by atoms with van der Waals surface area (Å²) in [5.74, 6) is 0. The Morgan fingerprint density at radius 1 is 1.24 bits per heavy atom. The van der Waals surface area contributed by atoms with E-state index in [1.807, 2.05) is 0 Å². The van der Waals surface area contributed by atoms with Gasteiger partial charge in [0.25, 0.3) is 0 Å². The molecule has 2 aromatic rings. The SMILES string of the molecule is Cc1cccc(Cn2c(C)cc3c2CC(C)(C)CC3O)c1. The van der Waals surface area contributed by atoms with Gasteiger partial charge in [0.15, 0.2) is 0 Å². The van der Waals surface area contributed by atoms with Crippen molar-refractivity contribution in [3.8, 4) is 0 Å².